The average Bonchev–Trinajstić information content (AvgIpc) is 2.38. The topological polar surface area (TPSA) is 45.2 Å². The number of pyridine rings is 1. The van der Waals surface area contributed by atoms with E-state index in [1.54, 1.807) is 11.1 Å². The Hall–Kier alpha value is -1.58. The molecular weight excluding hydrogens is 214 g/mol. The van der Waals surface area contributed by atoms with Crippen LogP contribution in [0, 0.1) is 0 Å². The summed E-state index contributed by atoms with van der Waals surface area (Å²) < 4.78 is 0. The highest BCUT2D eigenvalue weighted by molar-refractivity contribution is 5.94. The summed E-state index contributed by atoms with van der Waals surface area (Å²) in [4.78, 5) is 18.0. The third-order valence-electron chi connectivity index (χ3n) is 2.62. The number of hydrogen-bond donors (Lipinski definition) is 1. The molecule has 1 amide bonds. The van der Waals surface area contributed by atoms with Crippen LogP contribution < -0.4 is 5.32 Å². The molecule has 0 unspecified atom stereocenters. The molecule has 4 nitrogen and oxygen atoms in total. The Morgan fingerprint density at radius 3 is 2.47 bits per heavy atom. The van der Waals surface area contributed by atoms with Crippen LogP contribution in [0.2, 0.25) is 0 Å². The lowest BCUT2D eigenvalue weighted by Gasteiger charge is -2.18. The van der Waals surface area contributed by atoms with Gasteiger partial charge in [-0.2, -0.15) is 0 Å². The Kier molecular flexibility index (Phi) is 5.46. The summed E-state index contributed by atoms with van der Waals surface area (Å²) in [5.74, 6) is 0.868. The molecule has 1 N–H and O–H groups in total. The maximum absolute atomic E-state index is 12.0. The van der Waals surface area contributed by atoms with E-state index in [2.05, 4.69) is 17.2 Å². The second-order valence-electron chi connectivity index (χ2n) is 3.84. The van der Waals surface area contributed by atoms with Crippen molar-refractivity contribution in [3.8, 4) is 0 Å². The first-order chi connectivity index (χ1) is 8.22. The predicted molar refractivity (Wildman–Crippen MR) is 70.3 cm³/mol. The van der Waals surface area contributed by atoms with Crippen LogP contribution in [0.5, 0.6) is 0 Å². The van der Waals surface area contributed by atoms with Crippen LogP contribution in [0.15, 0.2) is 18.3 Å². The largest absolute Gasteiger partial charge is 0.370 e. The molecule has 0 spiro atoms. The SMILES string of the molecule is CCCNc1ccc(C(=O)N(CC)CC)cn1. The van der Waals surface area contributed by atoms with Gasteiger partial charge in [0.25, 0.3) is 5.91 Å². The molecule has 4 heteroatoms. The summed E-state index contributed by atoms with van der Waals surface area (Å²) in [6, 6.07) is 3.68. The second kappa shape index (κ2) is 6.89. The number of nitrogens with zero attached hydrogens (tertiary/aromatic N) is 2. The minimum atomic E-state index is 0.0459. The maximum atomic E-state index is 12.0. The molecule has 0 fully saturated rings. The lowest BCUT2D eigenvalue weighted by Crippen LogP contribution is -2.30. The summed E-state index contributed by atoms with van der Waals surface area (Å²) in [6.07, 6.45) is 2.69. The Morgan fingerprint density at radius 2 is 2.00 bits per heavy atom. The Bertz CT molecular complexity index is 344. The van der Waals surface area contributed by atoms with E-state index in [1.807, 2.05) is 26.0 Å². The summed E-state index contributed by atoms with van der Waals surface area (Å²) in [5.41, 5.74) is 0.649. The van der Waals surface area contributed by atoms with Crippen LogP contribution in [0.1, 0.15) is 37.6 Å². The molecule has 94 valence electrons. The van der Waals surface area contributed by atoms with Crippen LogP contribution >= 0.6 is 0 Å². The minimum absolute atomic E-state index is 0.0459. The molecule has 17 heavy (non-hydrogen) atoms. The first-order valence-corrected chi connectivity index (χ1v) is 6.22. The van der Waals surface area contributed by atoms with Gasteiger partial charge in [0.15, 0.2) is 0 Å². The molecule has 0 saturated heterocycles. The molecule has 0 aliphatic carbocycles. The van der Waals surface area contributed by atoms with Crippen LogP contribution in [0.4, 0.5) is 5.82 Å². The van der Waals surface area contributed by atoms with Crippen molar-refractivity contribution in [2.75, 3.05) is 25.0 Å². The van der Waals surface area contributed by atoms with E-state index < -0.39 is 0 Å². The number of carbonyl (C=O) groups excluding carboxylic acids is 1. The molecule has 1 aromatic heterocycles. The van der Waals surface area contributed by atoms with E-state index in [1.165, 1.54) is 0 Å². The predicted octanol–water partition coefficient (Wildman–Crippen LogP) is 2.39. The molecule has 0 atom stereocenters. The fourth-order valence-corrected chi connectivity index (χ4v) is 1.57. The van der Waals surface area contributed by atoms with Gasteiger partial charge >= 0.3 is 0 Å². The van der Waals surface area contributed by atoms with Crippen LogP contribution in [-0.2, 0) is 0 Å². The normalized spacial score (nSPS) is 10.1. The van der Waals surface area contributed by atoms with Gasteiger partial charge < -0.3 is 10.2 Å². The minimum Gasteiger partial charge on any atom is -0.370 e. The number of rotatable bonds is 6. The summed E-state index contributed by atoms with van der Waals surface area (Å²) in [7, 11) is 0. The van der Waals surface area contributed by atoms with Crippen molar-refractivity contribution in [2.24, 2.45) is 0 Å². The van der Waals surface area contributed by atoms with Crippen molar-refractivity contribution >= 4 is 11.7 Å². The first kappa shape index (κ1) is 13.5. The molecule has 1 aromatic rings. The number of nitrogens with one attached hydrogen (secondary N) is 1. The molecule has 0 radical (unpaired) electrons. The fraction of sp³-hybridized carbons (Fsp3) is 0.538. The third kappa shape index (κ3) is 3.73. The Morgan fingerprint density at radius 1 is 1.29 bits per heavy atom. The second-order valence-corrected chi connectivity index (χ2v) is 3.84. The van der Waals surface area contributed by atoms with Crippen molar-refractivity contribution in [3.63, 3.8) is 0 Å². The number of aromatic nitrogens is 1. The van der Waals surface area contributed by atoms with E-state index in [-0.39, 0.29) is 5.91 Å². The van der Waals surface area contributed by atoms with Crippen molar-refractivity contribution in [1.82, 2.24) is 9.88 Å². The van der Waals surface area contributed by atoms with Gasteiger partial charge in [-0.25, -0.2) is 4.98 Å². The molecular formula is C13H21N3O. The summed E-state index contributed by atoms with van der Waals surface area (Å²) in [6.45, 7) is 8.41. The molecule has 0 bridgehead atoms. The molecule has 0 saturated carbocycles. The number of carbonyl (C=O) groups is 1. The van der Waals surface area contributed by atoms with Gasteiger partial charge in [0.2, 0.25) is 0 Å². The van der Waals surface area contributed by atoms with Gasteiger partial charge in [-0.05, 0) is 32.4 Å². The zero-order chi connectivity index (χ0) is 12.7. The zero-order valence-corrected chi connectivity index (χ0v) is 10.9. The molecule has 1 rings (SSSR count). The first-order valence-electron chi connectivity index (χ1n) is 6.22. The Labute approximate surface area is 103 Å². The van der Waals surface area contributed by atoms with Crippen molar-refractivity contribution < 1.29 is 4.79 Å². The average molecular weight is 235 g/mol. The Balaban J connectivity index is 2.69. The van der Waals surface area contributed by atoms with Gasteiger partial charge in [0.05, 0.1) is 5.56 Å². The number of hydrogen-bond acceptors (Lipinski definition) is 3. The highest BCUT2D eigenvalue weighted by Gasteiger charge is 2.12. The van der Waals surface area contributed by atoms with E-state index in [0.717, 1.165) is 31.9 Å². The summed E-state index contributed by atoms with van der Waals surface area (Å²) >= 11 is 0. The standard InChI is InChI=1S/C13H21N3O/c1-4-9-14-12-8-7-11(10-15-12)13(17)16(5-2)6-3/h7-8,10H,4-6,9H2,1-3H3,(H,14,15). The quantitative estimate of drug-likeness (QED) is 0.823. The number of amides is 1. The fourth-order valence-electron chi connectivity index (χ4n) is 1.57. The molecule has 0 aromatic carbocycles. The molecule has 1 heterocycles. The van der Waals surface area contributed by atoms with E-state index in [4.69, 9.17) is 0 Å². The van der Waals surface area contributed by atoms with Gasteiger partial charge in [0.1, 0.15) is 5.82 Å². The van der Waals surface area contributed by atoms with E-state index in [9.17, 15) is 4.79 Å². The van der Waals surface area contributed by atoms with Crippen molar-refractivity contribution in [2.45, 2.75) is 27.2 Å². The van der Waals surface area contributed by atoms with Crippen molar-refractivity contribution in [1.29, 1.82) is 0 Å². The van der Waals surface area contributed by atoms with E-state index >= 15 is 0 Å². The van der Waals surface area contributed by atoms with Crippen LogP contribution in [0.25, 0.3) is 0 Å². The maximum Gasteiger partial charge on any atom is 0.255 e. The lowest BCUT2D eigenvalue weighted by molar-refractivity contribution is 0.0772. The van der Waals surface area contributed by atoms with Crippen LogP contribution in [-0.4, -0.2) is 35.4 Å². The van der Waals surface area contributed by atoms with Gasteiger partial charge in [-0.15, -0.1) is 0 Å². The molecule has 0 aliphatic rings. The van der Waals surface area contributed by atoms with Crippen molar-refractivity contribution in [3.05, 3.63) is 23.9 Å². The third-order valence-corrected chi connectivity index (χ3v) is 2.62. The van der Waals surface area contributed by atoms with Gasteiger partial charge in [-0.3, -0.25) is 4.79 Å². The van der Waals surface area contributed by atoms with E-state index in [0.29, 0.717) is 5.56 Å². The molecule has 0 aliphatic heterocycles. The van der Waals surface area contributed by atoms with Gasteiger partial charge in [0, 0.05) is 25.8 Å². The monoisotopic (exact) mass is 235 g/mol. The summed E-state index contributed by atoms with van der Waals surface area (Å²) in [5, 5.41) is 3.18. The zero-order valence-electron chi connectivity index (χ0n) is 10.9. The van der Waals surface area contributed by atoms with Crippen LogP contribution in [0.3, 0.4) is 0 Å². The lowest BCUT2D eigenvalue weighted by atomic mass is 10.2. The van der Waals surface area contributed by atoms with Gasteiger partial charge in [-0.1, -0.05) is 6.92 Å². The highest BCUT2D eigenvalue weighted by Crippen LogP contribution is 2.08. The number of anilines is 1. The smallest absolute Gasteiger partial charge is 0.255 e. The highest BCUT2D eigenvalue weighted by atomic mass is 16.2.